The van der Waals surface area contributed by atoms with Crippen molar-refractivity contribution in [2.75, 3.05) is 13.7 Å². The van der Waals surface area contributed by atoms with E-state index in [2.05, 4.69) is 31.2 Å². The number of hydrogen-bond acceptors (Lipinski definition) is 1. The summed E-state index contributed by atoms with van der Waals surface area (Å²) < 4.78 is 5.06. The molecule has 1 unspecified atom stereocenters. The molecule has 0 saturated heterocycles. The van der Waals surface area contributed by atoms with Crippen molar-refractivity contribution in [1.82, 2.24) is 0 Å². The van der Waals surface area contributed by atoms with Crippen LogP contribution in [0.3, 0.4) is 0 Å². The van der Waals surface area contributed by atoms with E-state index >= 15 is 0 Å². The lowest BCUT2D eigenvalue weighted by Crippen LogP contribution is -2.00. The molecule has 0 radical (unpaired) electrons. The Morgan fingerprint density at radius 2 is 1.91 bits per heavy atom. The third kappa shape index (κ3) is 2.35. The zero-order chi connectivity index (χ0) is 8.10. The highest BCUT2D eigenvalue weighted by molar-refractivity contribution is 5.18. The lowest BCUT2D eigenvalue weighted by molar-refractivity contribution is 0.184. The van der Waals surface area contributed by atoms with Gasteiger partial charge in [0.2, 0.25) is 0 Å². The van der Waals surface area contributed by atoms with Gasteiger partial charge in [-0.1, -0.05) is 37.3 Å². The first-order valence-corrected chi connectivity index (χ1v) is 3.88. The van der Waals surface area contributed by atoms with E-state index in [1.54, 1.807) is 7.11 Å². The van der Waals surface area contributed by atoms with Crippen molar-refractivity contribution in [3.63, 3.8) is 0 Å². The van der Waals surface area contributed by atoms with Gasteiger partial charge in [-0.05, 0) is 5.56 Å². The second-order valence-electron chi connectivity index (χ2n) is 2.77. The molecule has 0 aliphatic carbocycles. The first kappa shape index (κ1) is 8.28. The Bertz CT molecular complexity index is 193. The molecule has 0 fully saturated rings. The van der Waals surface area contributed by atoms with Gasteiger partial charge < -0.3 is 4.74 Å². The zero-order valence-corrected chi connectivity index (χ0v) is 7.08. The quantitative estimate of drug-likeness (QED) is 0.643. The van der Waals surface area contributed by atoms with Gasteiger partial charge in [0, 0.05) is 13.0 Å². The second kappa shape index (κ2) is 4.14. The summed E-state index contributed by atoms with van der Waals surface area (Å²) in [6, 6.07) is 10.4. The normalized spacial score (nSPS) is 12.9. The van der Waals surface area contributed by atoms with Crippen LogP contribution in [0.4, 0.5) is 0 Å². The van der Waals surface area contributed by atoms with Crippen LogP contribution >= 0.6 is 0 Å². The fraction of sp³-hybridized carbons (Fsp3) is 0.400. The molecule has 0 aromatic heterocycles. The van der Waals surface area contributed by atoms with E-state index in [0.717, 1.165) is 6.61 Å². The molecule has 1 heteroatoms. The Hall–Kier alpha value is -0.820. The highest BCUT2D eigenvalue weighted by Crippen LogP contribution is 2.13. The van der Waals surface area contributed by atoms with Gasteiger partial charge in [0.05, 0.1) is 6.61 Å². The fourth-order valence-electron chi connectivity index (χ4n) is 1.13. The third-order valence-electron chi connectivity index (χ3n) is 1.79. The lowest BCUT2D eigenvalue weighted by Gasteiger charge is -2.09. The number of rotatable bonds is 3. The topological polar surface area (TPSA) is 9.23 Å². The average Bonchev–Trinajstić information content (AvgIpc) is 2.07. The van der Waals surface area contributed by atoms with Gasteiger partial charge in [-0.3, -0.25) is 0 Å². The van der Waals surface area contributed by atoms with Gasteiger partial charge in [0.25, 0.3) is 0 Å². The molecule has 1 nitrogen and oxygen atoms in total. The summed E-state index contributed by atoms with van der Waals surface area (Å²) in [4.78, 5) is 0. The van der Waals surface area contributed by atoms with Crippen LogP contribution in [0.15, 0.2) is 30.3 Å². The minimum atomic E-state index is 0.501. The van der Waals surface area contributed by atoms with E-state index in [-0.39, 0.29) is 0 Å². The molecule has 1 aromatic carbocycles. The molecule has 0 amide bonds. The lowest BCUT2D eigenvalue weighted by atomic mass is 10.0. The largest absolute Gasteiger partial charge is 0.384 e. The molecular formula is C10H14O. The van der Waals surface area contributed by atoms with Crippen molar-refractivity contribution < 1.29 is 4.74 Å². The van der Waals surface area contributed by atoms with Crippen molar-refractivity contribution in [3.05, 3.63) is 35.9 Å². The highest BCUT2D eigenvalue weighted by atomic mass is 16.5. The molecule has 0 heterocycles. The third-order valence-corrected chi connectivity index (χ3v) is 1.79. The zero-order valence-electron chi connectivity index (χ0n) is 7.08. The maximum atomic E-state index is 5.06. The summed E-state index contributed by atoms with van der Waals surface area (Å²) in [5, 5.41) is 0. The van der Waals surface area contributed by atoms with Crippen molar-refractivity contribution >= 4 is 0 Å². The van der Waals surface area contributed by atoms with Crippen LogP contribution in [-0.4, -0.2) is 13.7 Å². The predicted octanol–water partition coefficient (Wildman–Crippen LogP) is 2.44. The SMILES string of the molecule is COCC(C)c1ccccc1. The maximum Gasteiger partial charge on any atom is 0.0528 e. The monoisotopic (exact) mass is 150 g/mol. The highest BCUT2D eigenvalue weighted by Gasteiger charge is 2.01. The predicted molar refractivity (Wildman–Crippen MR) is 46.7 cm³/mol. The van der Waals surface area contributed by atoms with Crippen molar-refractivity contribution in [1.29, 1.82) is 0 Å². The molecule has 0 spiro atoms. The Labute approximate surface area is 68.0 Å². The summed E-state index contributed by atoms with van der Waals surface area (Å²) in [5.41, 5.74) is 1.34. The van der Waals surface area contributed by atoms with Gasteiger partial charge >= 0.3 is 0 Å². The summed E-state index contributed by atoms with van der Waals surface area (Å²) >= 11 is 0. The Morgan fingerprint density at radius 3 is 2.45 bits per heavy atom. The molecule has 1 aromatic rings. The number of hydrogen-bond donors (Lipinski definition) is 0. The molecule has 1 atom stereocenters. The number of methoxy groups -OCH3 is 1. The van der Waals surface area contributed by atoms with E-state index in [0.29, 0.717) is 5.92 Å². The molecule has 1 rings (SSSR count). The number of benzene rings is 1. The minimum Gasteiger partial charge on any atom is -0.384 e. The van der Waals surface area contributed by atoms with E-state index in [1.807, 2.05) is 6.07 Å². The fourth-order valence-corrected chi connectivity index (χ4v) is 1.13. The van der Waals surface area contributed by atoms with Crippen LogP contribution in [0.1, 0.15) is 18.4 Å². The summed E-state index contributed by atoms with van der Waals surface area (Å²) in [5.74, 6) is 0.501. The van der Waals surface area contributed by atoms with E-state index in [4.69, 9.17) is 4.74 Å². The first-order chi connectivity index (χ1) is 5.34. The average molecular weight is 150 g/mol. The van der Waals surface area contributed by atoms with Crippen molar-refractivity contribution in [2.24, 2.45) is 0 Å². The van der Waals surface area contributed by atoms with Crippen LogP contribution in [0.25, 0.3) is 0 Å². The van der Waals surface area contributed by atoms with Crippen LogP contribution in [-0.2, 0) is 4.74 Å². The molecule has 0 N–H and O–H groups in total. The Morgan fingerprint density at radius 1 is 1.27 bits per heavy atom. The molecule has 0 bridgehead atoms. The molecule has 0 saturated carbocycles. The van der Waals surface area contributed by atoms with E-state index in [1.165, 1.54) is 5.56 Å². The van der Waals surface area contributed by atoms with Gasteiger partial charge in [-0.25, -0.2) is 0 Å². The molecule has 11 heavy (non-hydrogen) atoms. The van der Waals surface area contributed by atoms with Crippen molar-refractivity contribution in [2.45, 2.75) is 12.8 Å². The molecule has 60 valence electrons. The van der Waals surface area contributed by atoms with E-state index in [9.17, 15) is 0 Å². The van der Waals surface area contributed by atoms with Crippen LogP contribution in [0, 0.1) is 0 Å². The van der Waals surface area contributed by atoms with Gasteiger partial charge in [-0.15, -0.1) is 0 Å². The standard InChI is InChI=1S/C10H14O/c1-9(8-11-2)10-6-4-3-5-7-10/h3-7,9H,8H2,1-2H3. The minimum absolute atomic E-state index is 0.501. The van der Waals surface area contributed by atoms with Gasteiger partial charge in [-0.2, -0.15) is 0 Å². The molecular weight excluding hydrogens is 136 g/mol. The molecule has 0 aliphatic heterocycles. The summed E-state index contributed by atoms with van der Waals surface area (Å²) in [7, 11) is 1.74. The summed E-state index contributed by atoms with van der Waals surface area (Å²) in [6.07, 6.45) is 0. The smallest absolute Gasteiger partial charge is 0.0528 e. The maximum absolute atomic E-state index is 5.06. The number of ether oxygens (including phenoxy) is 1. The van der Waals surface area contributed by atoms with Crippen LogP contribution in [0.2, 0.25) is 0 Å². The summed E-state index contributed by atoms with van der Waals surface area (Å²) in [6.45, 7) is 2.96. The Kier molecular flexibility index (Phi) is 3.12. The van der Waals surface area contributed by atoms with Crippen LogP contribution < -0.4 is 0 Å². The molecule has 0 aliphatic rings. The van der Waals surface area contributed by atoms with Crippen LogP contribution in [0.5, 0.6) is 0 Å². The van der Waals surface area contributed by atoms with Gasteiger partial charge in [0.1, 0.15) is 0 Å². The second-order valence-corrected chi connectivity index (χ2v) is 2.77. The van der Waals surface area contributed by atoms with E-state index < -0.39 is 0 Å². The van der Waals surface area contributed by atoms with Crippen molar-refractivity contribution in [3.8, 4) is 0 Å². The Balaban J connectivity index is 2.61. The first-order valence-electron chi connectivity index (χ1n) is 3.88. The van der Waals surface area contributed by atoms with Gasteiger partial charge in [0.15, 0.2) is 0 Å².